The van der Waals surface area contributed by atoms with Crippen molar-refractivity contribution in [3.63, 3.8) is 0 Å². The number of hydrogen-bond donors (Lipinski definition) is 0. The highest BCUT2D eigenvalue weighted by atomic mass is 35.5. The number of nitrogens with one attached hydrogen (secondary N) is 1. The fourth-order valence-electron chi connectivity index (χ4n) is 1.91. The van der Waals surface area contributed by atoms with Crippen molar-refractivity contribution in [3.8, 4) is 0 Å². The van der Waals surface area contributed by atoms with E-state index in [1.807, 2.05) is 6.07 Å². The van der Waals surface area contributed by atoms with E-state index in [0.717, 1.165) is 32.5 Å². The van der Waals surface area contributed by atoms with Gasteiger partial charge < -0.3 is 0 Å². The van der Waals surface area contributed by atoms with Gasteiger partial charge in [-0.1, -0.05) is 30.3 Å². The van der Waals surface area contributed by atoms with Crippen LogP contribution in [0.5, 0.6) is 0 Å². The first kappa shape index (κ1) is 10.9. The van der Waals surface area contributed by atoms with Gasteiger partial charge in [0.2, 0.25) is 0 Å². The van der Waals surface area contributed by atoms with Crippen molar-refractivity contribution < 1.29 is 0 Å². The van der Waals surface area contributed by atoms with Crippen molar-refractivity contribution in [3.05, 3.63) is 35.9 Å². The minimum atomic E-state index is -0.715. The fourth-order valence-corrected chi connectivity index (χ4v) is 2.08. The SMILES string of the molecule is [NH]C1(Cl)CCN(Cc2ccccc2)CC1. The highest BCUT2D eigenvalue weighted by molar-refractivity contribution is 6.23. The lowest BCUT2D eigenvalue weighted by Crippen LogP contribution is -2.41. The molecule has 1 aromatic rings. The summed E-state index contributed by atoms with van der Waals surface area (Å²) in [5.41, 5.74) is 9.07. The van der Waals surface area contributed by atoms with E-state index < -0.39 is 5.00 Å². The number of likely N-dealkylation sites (tertiary alicyclic amines) is 1. The maximum absolute atomic E-state index is 7.73. The summed E-state index contributed by atoms with van der Waals surface area (Å²) in [6.45, 7) is 2.84. The predicted molar refractivity (Wildman–Crippen MR) is 62.6 cm³/mol. The third-order valence-electron chi connectivity index (χ3n) is 2.90. The number of nitrogens with zero attached hydrogens (tertiary/aromatic N) is 1. The summed E-state index contributed by atoms with van der Waals surface area (Å²) in [4.78, 5) is 1.65. The molecular formula is C12H16ClN2. The van der Waals surface area contributed by atoms with E-state index in [0.29, 0.717) is 0 Å². The second-order valence-electron chi connectivity index (χ2n) is 4.23. The molecule has 1 aliphatic rings. The maximum atomic E-state index is 7.73. The highest BCUT2D eigenvalue weighted by Gasteiger charge is 2.28. The Labute approximate surface area is 96.0 Å². The first-order valence-electron chi connectivity index (χ1n) is 5.36. The van der Waals surface area contributed by atoms with E-state index in [9.17, 15) is 0 Å². The highest BCUT2D eigenvalue weighted by Crippen LogP contribution is 2.25. The molecule has 1 radical (unpaired) electrons. The summed E-state index contributed by atoms with van der Waals surface area (Å²) in [6.07, 6.45) is 1.53. The van der Waals surface area contributed by atoms with Crippen molar-refractivity contribution in [2.45, 2.75) is 24.4 Å². The number of hydrogen-bond acceptors (Lipinski definition) is 1. The van der Waals surface area contributed by atoms with E-state index in [1.54, 1.807) is 0 Å². The van der Waals surface area contributed by atoms with Gasteiger partial charge in [-0.2, -0.15) is 0 Å². The Morgan fingerprint density at radius 2 is 1.80 bits per heavy atom. The van der Waals surface area contributed by atoms with E-state index in [2.05, 4.69) is 29.2 Å². The lowest BCUT2D eigenvalue weighted by molar-refractivity contribution is 0.189. The second-order valence-corrected chi connectivity index (χ2v) is 4.95. The molecule has 0 saturated carbocycles. The van der Waals surface area contributed by atoms with Gasteiger partial charge in [0.25, 0.3) is 0 Å². The first-order chi connectivity index (χ1) is 7.16. The van der Waals surface area contributed by atoms with E-state index in [-0.39, 0.29) is 0 Å². The smallest absolute Gasteiger partial charge is 0.108 e. The van der Waals surface area contributed by atoms with Crippen LogP contribution in [0.15, 0.2) is 30.3 Å². The zero-order valence-corrected chi connectivity index (χ0v) is 9.50. The number of benzene rings is 1. The molecule has 0 unspecified atom stereocenters. The minimum Gasteiger partial charge on any atom is -0.299 e. The molecule has 1 aliphatic heterocycles. The molecule has 0 spiro atoms. The Morgan fingerprint density at radius 1 is 1.20 bits per heavy atom. The summed E-state index contributed by atoms with van der Waals surface area (Å²) in [6, 6.07) is 10.4. The normalized spacial score (nSPS) is 21.5. The maximum Gasteiger partial charge on any atom is 0.108 e. The predicted octanol–water partition coefficient (Wildman–Crippen LogP) is 2.50. The summed E-state index contributed by atoms with van der Waals surface area (Å²) < 4.78 is 0. The molecule has 0 amide bonds. The molecule has 3 heteroatoms. The Morgan fingerprint density at radius 3 is 2.40 bits per heavy atom. The van der Waals surface area contributed by atoms with Crippen molar-refractivity contribution in [2.75, 3.05) is 13.1 Å². The molecule has 0 bridgehead atoms. The van der Waals surface area contributed by atoms with Crippen LogP contribution in [0.2, 0.25) is 0 Å². The lowest BCUT2D eigenvalue weighted by Gasteiger charge is -2.34. The third-order valence-corrected chi connectivity index (χ3v) is 3.28. The molecule has 0 aromatic heterocycles. The molecule has 81 valence electrons. The van der Waals surface area contributed by atoms with Crippen LogP contribution in [0.25, 0.3) is 0 Å². The van der Waals surface area contributed by atoms with Gasteiger partial charge in [-0.05, 0) is 18.4 Å². The molecule has 1 N–H and O–H groups in total. The number of piperidine rings is 1. The van der Waals surface area contributed by atoms with Crippen molar-refractivity contribution in [1.82, 2.24) is 10.6 Å². The average molecular weight is 224 g/mol. The van der Waals surface area contributed by atoms with Gasteiger partial charge >= 0.3 is 0 Å². The summed E-state index contributed by atoms with van der Waals surface area (Å²) in [7, 11) is 0. The Kier molecular flexibility index (Phi) is 3.29. The molecule has 15 heavy (non-hydrogen) atoms. The summed E-state index contributed by atoms with van der Waals surface area (Å²) in [5.74, 6) is 0. The van der Waals surface area contributed by atoms with Crippen LogP contribution in [0, 0.1) is 0 Å². The minimum absolute atomic E-state index is 0.715. The van der Waals surface area contributed by atoms with Crippen molar-refractivity contribution in [1.29, 1.82) is 0 Å². The van der Waals surface area contributed by atoms with Gasteiger partial charge in [-0.3, -0.25) is 4.90 Å². The first-order valence-corrected chi connectivity index (χ1v) is 5.74. The number of halogens is 1. The Hall–Kier alpha value is -0.570. The van der Waals surface area contributed by atoms with Crippen LogP contribution in [-0.4, -0.2) is 23.0 Å². The van der Waals surface area contributed by atoms with Gasteiger partial charge in [0.1, 0.15) is 5.00 Å². The zero-order chi connectivity index (χ0) is 10.7. The molecule has 1 fully saturated rings. The second kappa shape index (κ2) is 4.52. The Balaban J connectivity index is 1.88. The van der Waals surface area contributed by atoms with Crippen LogP contribution >= 0.6 is 11.6 Å². The van der Waals surface area contributed by atoms with Gasteiger partial charge in [0.15, 0.2) is 0 Å². The monoisotopic (exact) mass is 223 g/mol. The zero-order valence-electron chi connectivity index (χ0n) is 8.75. The van der Waals surface area contributed by atoms with Crippen molar-refractivity contribution in [2.24, 2.45) is 0 Å². The molecular weight excluding hydrogens is 208 g/mol. The molecule has 1 aromatic carbocycles. The topological polar surface area (TPSA) is 27.0 Å². The van der Waals surface area contributed by atoms with Gasteiger partial charge in [0, 0.05) is 19.6 Å². The van der Waals surface area contributed by atoms with E-state index in [4.69, 9.17) is 17.3 Å². The average Bonchev–Trinajstić information content (AvgIpc) is 2.23. The van der Waals surface area contributed by atoms with Crippen molar-refractivity contribution >= 4 is 11.6 Å². The van der Waals surface area contributed by atoms with E-state index in [1.165, 1.54) is 5.56 Å². The van der Waals surface area contributed by atoms with Gasteiger partial charge in [-0.25, -0.2) is 5.73 Å². The van der Waals surface area contributed by atoms with Crippen LogP contribution in [0.1, 0.15) is 18.4 Å². The molecule has 1 saturated heterocycles. The summed E-state index contributed by atoms with van der Waals surface area (Å²) in [5, 5.41) is 0. The molecule has 1 heterocycles. The number of alkyl halides is 1. The third kappa shape index (κ3) is 3.20. The largest absolute Gasteiger partial charge is 0.299 e. The summed E-state index contributed by atoms with van der Waals surface area (Å²) >= 11 is 5.98. The standard InChI is InChI=1S/C12H16ClN2/c13-12(14)6-8-15(9-7-12)10-11-4-2-1-3-5-11/h1-5,14H,6-10H2. The van der Waals surface area contributed by atoms with Crippen LogP contribution in [0.3, 0.4) is 0 Å². The van der Waals surface area contributed by atoms with Crippen LogP contribution < -0.4 is 5.73 Å². The van der Waals surface area contributed by atoms with Gasteiger partial charge in [-0.15, -0.1) is 11.6 Å². The fraction of sp³-hybridized carbons (Fsp3) is 0.500. The number of rotatable bonds is 2. The van der Waals surface area contributed by atoms with E-state index >= 15 is 0 Å². The van der Waals surface area contributed by atoms with Gasteiger partial charge in [0.05, 0.1) is 0 Å². The molecule has 2 rings (SSSR count). The lowest BCUT2D eigenvalue weighted by atomic mass is 10.0. The van der Waals surface area contributed by atoms with Crippen LogP contribution in [0.4, 0.5) is 0 Å². The quantitative estimate of drug-likeness (QED) is 0.559. The molecule has 2 nitrogen and oxygen atoms in total. The molecule has 0 atom stereocenters. The van der Waals surface area contributed by atoms with Crippen LogP contribution in [-0.2, 0) is 6.54 Å². The molecule has 0 aliphatic carbocycles. The Bertz CT molecular complexity index is 301.